The maximum Gasteiger partial charge on any atom is 0.316 e. The molecule has 1 saturated heterocycles. The van der Waals surface area contributed by atoms with Gasteiger partial charge < -0.3 is 20.3 Å². The lowest BCUT2D eigenvalue weighted by molar-refractivity contribution is 0.0262. The van der Waals surface area contributed by atoms with E-state index >= 15 is 0 Å². The molecule has 1 aliphatic heterocycles. The van der Waals surface area contributed by atoms with Crippen molar-refractivity contribution in [2.24, 2.45) is 0 Å². The third-order valence-electron chi connectivity index (χ3n) is 3.16. The quantitative estimate of drug-likeness (QED) is 0.850. The van der Waals surface area contributed by atoms with E-state index in [1.165, 1.54) is 0 Å². The lowest BCUT2D eigenvalue weighted by atomic mass is 10.1. The van der Waals surface area contributed by atoms with Gasteiger partial charge in [0.1, 0.15) is 17.7 Å². The Morgan fingerprint density at radius 1 is 1.26 bits per heavy atom. The summed E-state index contributed by atoms with van der Waals surface area (Å²) in [5.41, 5.74) is 6.43. The maximum atomic E-state index is 9.36. The fraction of sp³-hybridized carbons (Fsp3) is 0.385. The van der Waals surface area contributed by atoms with Gasteiger partial charge >= 0.3 is 6.01 Å². The van der Waals surface area contributed by atoms with E-state index in [1.807, 2.05) is 12.1 Å². The van der Waals surface area contributed by atoms with Crippen molar-refractivity contribution in [1.82, 2.24) is 9.97 Å². The van der Waals surface area contributed by atoms with Gasteiger partial charge in [0.05, 0.1) is 24.1 Å². The number of hydrogen-bond acceptors (Lipinski definition) is 6. The number of benzene rings is 1. The first-order valence-electron chi connectivity index (χ1n) is 6.23. The van der Waals surface area contributed by atoms with Gasteiger partial charge in [-0.2, -0.15) is 9.97 Å². The summed E-state index contributed by atoms with van der Waals surface area (Å²) in [5, 5.41) is 10.0. The van der Waals surface area contributed by atoms with Crippen LogP contribution in [0.3, 0.4) is 0 Å². The fourth-order valence-corrected chi connectivity index (χ4v) is 2.24. The van der Waals surface area contributed by atoms with Crippen LogP contribution in [0.2, 0.25) is 0 Å². The highest BCUT2D eigenvalue weighted by Crippen LogP contribution is 2.31. The van der Waals surface area contributed by atoms with E-state index in [0.717, 1.165) is 12.8 Å². The number of nitrogen functional groups attached to an aromatic ring is 1. The van der Waals surface area contributed by atoms with Crippen molar-refractivity contribution in [1.29, 1.82) is 0 Å². The molecule has 0 aliphatic carbocycles. The highest BCUT2D eigenvalue weighted by atomic mass is 16.5. The largest absolute Gasteiger partial charge is 0.489 e. The van der Waals surface area contributed by atoms with Crippen LogP contribution in [0.5, 0.6) is 11.8 Å². The van der Waals surface area contributed by atoms with E-state index in [4.69, 9.17) is 15.2 Å². The normalized spacial score (nSPS) is 16.6. The molecule has 1 aromatic carbocycles. The second-order valence-corrected chi connectivity index (χ2v) is 4.49. The number of aromatic hydroxyl groups is 1. The Labute approximate surface area is 110 Å². The smallest absolute Gasteiger partial charge is 0.316 e. The molecule has 0 atom stereocenters. The van der Waals surface area contributed by atoms with Gasteiger partial charge in [-0.15, -0.1) is 0 Å². The van der Waals surface area contributed by atoms with E-state index in [1.54, 1.807) is 6.07 Å². The summed E-state index contributed by atoms with van der Waals surface area (Å²) in [6.45, 7) is 1.42. The number of nitrogens with zero attached hydrogens (tertiary/aromatic N) is 2. The predicted molar refractivity (Wildman–Crippen MR) is 70.1 cm³/mol. The SMILES string of the molecule is Nc1nc(O)nc2cccc(OC3CCOCC3)c12. The van der Waals surface area contributed by atoms with Gasteiger partial charge in [0.2, 0.25) is 0 Å². The second kappa shape index (κ2) is 4.89. The number of fused-ring (bicyclic) bond motifs is 1. The van der Waals surface area contributed by atoms with E-state index in [-0.39, 0.29) is 17.9 Å². The summed E-state index contributed by atoms with van der Waals surface area (Å²) in [6, 6.07) is 5.11. The molecule has 2 heterocycles. The predicted octanol–water partition coefficient (Wildman–Crippen LogP) is 1.48. The van der Waals surface area contributed by atoms with Crippen LogP contribution in [0.1, 0.15) is 12.8 Å². The molecule has 2 aromatic rings. The van der Waals surface area contributed by atoms with Crippen molar-refractivity contribution in [3.8, 4) is 11.8 Å². The lowest BCUT2D eigenvalue weighted by Gasteiger charge is -2.24. The van der Waals surface area contributed by atoms with Crippen LogP contribution >= 0.6 is 0 Å². The summed E-state index contributed by atoms with van der Waals surface area (Å²) in [6.07, 6.45) is 1.83. The molecule has 0 bridgehead atoms. The third kappa shape index (κ3) is 2.39. The Balaban J connectivity index is 1.98. The Morgan fingerprint density at radius 2 is 2.05 bits per heavy atom. The number of aromatic nitrogens is 2. The van der Waals surface area contributed by atoms with Crippen LogP contribution < -0.4 is 10.5 Å². The van der Waals surface area contributed by atoms with E-state index in [0.29, 0.717) is 29.9 Å². The van der Waals surface area contributed by atoms with Gasteiger partial charge in [0.25, 0.3) is 0 Å². The van der Waals surface area contributed by atoms with Crippen molar-refractivity contribution in [2.45, 2.75) is 18.9 Å². The molecular weight excluding hydrogens is 246 g/mol. The van der Waals surface area contributed by atoms with Crippen molar-refractivity contribution in [2.75, 3.05) is 18.9 Å². The van der Waals surface area contributed by atoms with E-state index in [2.05, 4.69) is 9.97 Å². The minimum atomic E-state index is -0.326. The summed E-state index contributed by atoms with van der Waals surface area (Å²) in [4.78, 5) is 7.72. The van der Waals surface area contributed by atoms with Crippen LogP contribution in [0.15, 0.2) is 18.2 Å². The van der Waals surface area contributed by atoms with Crippen LogP contribution in [-0.2, 0) is 4.74 Å². The zero-order valence-electron chi connectivity index (χ0n) is 10.4. The number of hydrogen-bond donors (Lipinski definition) is 2. The lowest BCUT2D eigenvalue weighted by Crippen LogP contribution is -2.26. The van der Waals surface area contributed by atoms with Crippen molar-refractivity contribution >= 4 is 16.7 Å². The Hall–Kier alpha value is -2.08. The van der Waals surface area contributed by atoms with Gasteiger partial charge in [-0.1, -0.05) is 6.07 Å². The first kappa shape index (κ1) is 12.0. The molecule has 0 unspecified atom stereocenters. The minimum absolute atomic E-state index is 0.118. The van der Waals surface area contributed by atoms with Crippen LogP contribution in [0.25, 0.3) is 10.9 Å². The second-order valence-electron chi connectivity index (χ2n) is 4.49. The molecule has 19 heavy (non-hydrogen) atoms. The minimum Gasteiger partial charge on any atom is -0.489 e. The number of anilines is 1. The molecule has 1 aliphatic rings. The molecule has 0 saturated carbocycles. The summed E-state index contributed by atoms with van der Waals surface area (Å²) in [7, 11) is 0. The summed E-state index contributed by atoms with van der Waals surface area (Å²) in [5.74, 6) is 0.882. The van der Waals surface area contributed by atoms with Gasteiger partial charge in [-0.3, -0.25) is 0 Å². The van der Waals surface area contributed by atoms with Gasteiger partial charge in [-0.05, 0) is 12.1 Å². The van der Waals surface area contributed by atoms with Crippen molar-refractivity contribution in [3.63, 3.8) is 0 Å². The summed E-state index contributed by atoms with van der Waals surface area (Å²) < 4.78 is 11.3. The van der Waals surface area contributed by atoms with E-state index < -0.39 is 0 Å². The van der Waals surface area contributed by atoms with Gasteiger partial charge in [0, 0.05) is 12.8 Å². The molecule has 1 fully saturated rings. The number of rotatable bonds is 2. The molecule has 3 N–H and O–H groups in total. The standard InChI is InChI=1S/C13H15N3O3/c14-12-11-9(15-13(17)16-12)2-1-3-10(11)19-8-4-6-18-7-5-8/h1-3,8H,4-7H2,(H3,14,15,16,17). The van der Waals surface area contributed by atoms with Crippen molar-refractivity contribution < 1.29 is 14.6 Å². The third-order valence-corrected chi connectivity index (χ3v) is 3.16. The zero-order valence-corrected chi connectivity index (χ0v) is 10.4. The zero-order chi connectivity index (χ0) is 13.2. The molecule has 1 aromatic heterocycles. The molecule has 0 amide bonds. The highest BCUT2D eigenvalue weighted by Gasteiger charge is 2.18. The average Bonchev–Trinajstić information content (AvgIpc) is 2.39. The fourth-order valence-electron chi connectivity index (χ4n) is 2.24. The molecular formula is C13H15N3O3. The molecule has 0 radical (unpaired) electrons. The number of ether oxygens (including phenoxy) is 2. The first-order chi connectivity index (χ1) is 9.24. The Kier molecular flexibility index (Phi) is 3.08. The van der Waals surface area contributed by atoms with Gasteiger partial charge in [0.15, 0.2) is 0 Å². The average molecular weight is 261 g/mol. The monoisotopic (exact) mass is 261 g/mol. The number of nitrogens with two attached hydrogens (primary N) is 1. The molecule has 6 heteroatoms. The molecule has 100 valence electrons. The maximum absolute atomic E-state index is 9.36. The topological polar surface area (TPSA) is 90.5 Å². The Bertz CT molecular complexity index is 597. The van der Waals surface area contributed by atoms with E-state index in [9.17, 15) is 5.11 Å². The molecule has 6 nitrogen and oxygen atoms in total. The van der Waals surface area contributed by atoms with Crippen molar-refractivity contribution in [3.05, 3.63) is 18.2 Å². The van der Waals surface area contributed by atoms with Crippen LogP contribution in [-0.4, -0.2) is 34.4 Å². The van der Waals surface area contributed by atoms with Gasteiger partial charge in [-0.25, -0.2) is 0 Å². The molecule has 0 spiro atoms. The molecule has 3 rings (SSSR count). The summed E-state index contributed by atoms with van der Waals surface area (Å²) >= 11 is 0. The van der Waals surface area contributed by atoms with Crippen LogP contribution in [0, 0.1) is 0 Å². The highest BCUT2D eigenvalue weighted by molar-refractivity contribution is 5.93. The van der Waals surface area contributed by atoms with Crippen LogP contribution in [0.4, 0.5) is 5.82 Å². The first-order valence-corrected chi connectivity index (χ1v) is 6.23. The Morgan fingerprint density at radius 3 is 2.84 bits per heavy atom.